The van der Waals surface area contributed by atoms with E-state index in [0.717, 1.165) is 15.4 Å². The number of nitrogens with one attached hydrogen (secondary N) is 2. The number of hydrogen-bond donors (Lipinski definition) is 2. The van der Waals surface area contributed by atoms with Gasteiger partial charge in [-0.25, -0.2) is 8.42 Å². The van der Waals surface area contributed by atoms with Crippen LogP contribution in [0.5, 0.6) is 0 Å². The fourth-order valence-corrected chi connectivity index (χ4v) is 3.48. The predicted molar refractivity (Wildman–Crippen MR) is 98.6 cm³/mol. The highest BCUT2D eigenvalue weighted by Gasteiger charge is 2.18. The number of halogens is 1. The van der Waals surface area contributed by atoms with Crippen molar-refractivity contribution < 1.29 is 8.42 Å². The molecule has 0 aliphatic heterocycles. The van der Waals surface area contributed by atoms with Crippen molar-refractivity contribution in [1.82, 2.24) is 4.98 Å². The van der Waals surface area contributed by atoms with E-state index < -0.39 is 10.0 Å². The molecule has 1 heterocycles. The van der Waals surface area contributed by atoms with Crippen LogP contribution in [-0.4, -0.2) is 13.4 Å². The molecule has 5 nitrogen and oxygen atoms in total. The first-order valence-electron chi connectivity index (χ1n) is 6.96. The van der Waals surface area contributed by atoms with Gasteiger partial charge in [-0.2, -0.15) is 5.26 Å². The summed E-state index contributed by atoms with van der Waals surface area (Å²) in [6.07, 6.45) is 3.04. The number of fused-ring (bicyclic) bond motifs is 1. The molecule has 0 amide bonds. The quantitative estimate of drug-likeness (QED) is 0.641. The van der Waals surface area contributed by atoms with Crippen molar-refractivity contribution in [2.24, 2.45) is 0 Å². The third kappa shape index (κ3) is 3.35. The van der Waals surface area contributed by atoms with E-state index in [0.29, 0.717) is 11.3 Å². The minimum absolute atomic E-state index is 0.352. The maximum atomic E-state index is 12.5. The highest BCUT2D eigenvalue weighted by atomic mass is 79.9. The molecule has 24 heavy (non-hydrogen) atoms. The number of nitrogens with zero attached hydrogens (tertiary/aromatic N) is 1. The Morgan fingerprint density at radius 3 is 2.58 bits per heavy atom. The molecule has 3 aromatic rings. The van der Waals surface area contributed by atoms with Gasteiger partial charge >= 0.3 is 0 Å². The number of hydrogen-bond acceptors (Lipinski definition) is 3. The average molecular weight is 402 g/mol. The molecule has 2 N–H and O–H groups in total. The molecule has 0 unspecified atom stereocenters. The van der Waals surface area contributed by atoms with Crippen molar-refractivity contribution in [3.8, 4) is 6.07 Å². The van der Waals surface area contributed by atoms with E-state index in [4.69, 9.17) is 0 Å². The lowest BCUT2D eigenvalue weighted by atomic mass is 10.1. The van der Waals surface area contributed by atoms with Crippen molar-refractivity contribution in [2.45, 2.75) is 0 Å². The van der Waals surface area contributed by atoms with E-state index in [9.17, 15) is 13.7 Å². The number of aromatic amines is 1. The van der Waals surface area contributed by atoms with E-state index in [1.54, 1.807) is 36.5 Å². The molecular weight excluding hydrogens is 390 g/mol. The monoisotopic (exact) mass is 401 g/mol. The van der Waals surface area contributed by atoms with Crippen molar-refractivity contribution in [1.29, 1.82) is 5.26 Å². The number of para-hydroxylation sites is 1. The predicted octanol–water partition coefficient (Wildman–Crippen LogP) is 4.24. The number of rotatable bonds is 4. The third-order valence-corrected chi connectivity index (χ3v) is 5.23. The van der Waals surface area contributed by atoms with Crippen molar-refractivity contribution in [2.75, 3.05) is 4.72 Å². The van der Waals surface area contributed by atoms with Crippen LogP contribution in [0.3, 0.4) is 0 Å². The van der Waals surface area contributed by atoms with Crippen LogP contribution in [0.25, 0.3) is 17.0 Å². The summed E-state index contributed by atoms with van der Waals surface area (Å²) < 4.78 is 28.2. The topological polar surface area (TPSA) is 85.8 Å². The zero-order chi connectivity index (χ0) is 17.2. The molecule has 0 atom stereocenters. The van der Waals surface area contributed by atoms with Crippen molar-refractivity contribution in [3.63, 3.8) is 0 Å². The first-order valence-corrected chi connectivity index (χ1v) is 9.23. The molecule has 0 aliphatic carbocycles. The Balaban J connectivity index is 1.98. The van der Waals surface area contributed by atoms with Crippen LogP contribution in [0.4, 0.5) is 5.69 Å². The molecule has 3 rings (SSSR count). The lowest BCUT2D eigenvalue weighted by Crippen LogP contribution is -2.14. The summed E-state index contributed by atoms with van der Waals surface area (Å²) in [5.74, 6) is 0. The summed E-state index contributed by atoms with van der Waals surface area (Å²) in [5.41, 5.74) is 1.90. The highest BCUT2D eigenvalue weighted by molar-refractivity contribution is 9.10. The lowest BCUT2D eigenvalue weighted by Gasteiger charge is -2.07. The Labute approximate surface area is 147 Å². The highest BCUT2D eigenvalue weighted by Crippen LogP contribution is 2.23. The second-order valence-corrected chi connectivity index (χ2v) is 7.59. The minimum Gasteiger partial charge on any atom is -0.361 e. The molecule has 120 valence electrons. The van der Waals surface area contributed by atoms with Gasteiger partial charge in [0, 0.05) is 32.8 Å². The van der Waals surface area contributed by atoms with Gasteiger partial charge in [-0.1, -0.05) is 34.1 Å². The van der Waals surface area contributed by atoms with E-state index in [1.807, 2.05) is 24.3 Å². The first kappa shape index (κ1) is 16.3. The summed E-state index contributed by atoms with van der Waals surface area (Å²) in [4.78, 5) is 2.70. The Morgan fingerprint density at radius 1 is 1.17 bits per heavy atom. The number of H-pyrrole nitrogens is 1. The molecule has 0 bridgehead atoms. The van der Waals surface area contributed by atoms with Crippen LogP contribution in [-0.2, 0) is 10.0 Å². The standard InChI is InChI=1S/C17H12BrN3O2S/c18-13-5-7-14(8-6-13)21-24(22,23)15(10-19)9-12-11-20-17-4-2-1-3-16(12)17/h1-9,11,20-21H. The minimum atomic E-state index is -3.96. The zero-order valence-electron chi connectivity index (χ0n) is 12.3. The Kier molecular flexibility index (Phi) is 4.42. The Hall–Kier alpha value is -2.56. The van der Waals surface area contributed by atoms with Crippen LogP contribution in [0.1, 0.15) is 5.56 Å². The van der Waals surface area contributed by atoms with Gasteiger partial charge in [0.1, 0.15) is 6.07 Å². The summed E-state index contributed by atoms with van der Waals surface area (Å²) in [7, 11) is -3.96. The number of benzene rings is 2. The van der Waals surface area contributed by atoms with Gasteiger partial charge < -0.3 is 4.98 Å². The third-order valence-electron chi connectivity index (χ3n) is 3.40. The van der Waals surface area contributed by atoms with Gasteiger partial charge in [0.05, 0.1) is 0 Å². The summed E-state index contributed by atoms with van der Waals surface area (Å²) >= 11 is 3.29. The van der Waals surface area contributed by atoms with E-state index >= 15 is 0 Å². The van der Waals surface area contributed by atoms with Gasteiger partial charge in [-0.3, -0.25) is 4.72 Å². The van der Waals surface area contributed by atoms with Crippen LogP contribution in [0.15, 0.2) is 64.1 Å². The molecule has 0 saturated carbocycles. The molecule has 0 fully saturated rings. The van der Waals surface area contributed by atoms with Crippen LogP contribution < -0.4 is 4.72 Å². The maximum absolute atomic E-state index is 12.5. The SMILES string of the molecule is N#CC(=Cc1c[nH]c2ccccc12)S(=O)(=O)Nc1ccc(Br)cc1. The number of anilines is 1. The van der Waals surface area contributed by atoms with E-state index in [-0.39, 0.29) is 4.91 Å². The summed E-state index contributed by atoms with van der Waals surface area (Å²) in [6, 6.07) is 15.9. The van der Waals surface area contributed by atoms with Crippen LogP contribution in [0, 0.1) is 11.3 Å². The van der Waals surface area contributed by atoms with Crippen molar-refractivity contribution >= 4 is 48.6 Å². The number of aromatic nitrogens is 1. The van der Waals surface area contributed by atoms with Crippen LogP contribution in [0.2, 0.25) is 0 Å². The molecule has 7 heteroatoms. The number of nitriles is 1. The second kappa shape index (κ2) is 6.51. The normalized spacial score (nSPS) is 12.1. The molecular formula is C17H12BrN3O2S. The molecule has 0 saturated heterocycles. The second-order valence-electron chi connectivity index (χ2n) is 5.02. The van der Waals surface area contributed by atoms with Gasteiger partial charge in [-0.05, 0) is 36.4 Å². The molecule has 1 aromatic heterocycles. The fourth-order valence-electron chi connectivity index (χ4n) is 2.25. The lowest BCUT2D eigenvalue weighted by molar-refractivity contribution is 0.608. The van der Waals surface area contributed by atoms with Gasteiger partial charge in [-0.15, -0.1) is 0 Å². The zero-order valence-corrected chi connectivity index (χ0v) is 14.7. The number of sulfonamides is 1. The Bertz CT molecular complexity index is 1060. The summed E-state index contributed by atoms with van der Waals surface area (Å²) in [6.45, 7) is 0. The van der Waals surface area contributed by atoms with Gasteiger partial charge in [0.2, 0.25) is 0 Å². The van der Waals surface area contributed by atoms with Gasteiger partial charge in [0.15, 0.2) is 4.91 Å². The molecule has 0 aliphatic rings. The van der Waals surface area contributed by atoms with Gasteiger partial charge in [0.25, 0.3) is 10.0 Å². The first-order chi connectivity index (χ1) is 11.5. The number of allylic oxidation sites excluding steroid dienone is 1. The van der Waals surface area contributed by atoms with E-state index in [2.05, 4.69) is 25.6 Å². The van der Waals surface area contributed by atoms with E-state index in [1.165, 1.54) is 6.08 Å². The maximum Gasteiger partial charge on any atom is 0.272 e. The van der Waals surface area contributed by atoms with Crippen LogP contribution >= 0.6 is 15.9 Å². The fraction of sp³-hybridized carbons (Fsp3) is 0. The molecule has 0 radical (unpaired) electrons. The summed E-state index contributed by atoms with van der Waals surface area (Å²) in [5, 5.41) is 10.2. The Morgan fingerprint density at radius 2 is 1.88 bits per heavy atom. The van der Waals surface area contributed by atoms with Crippen molar-refractivity contribution in [3.05, 3.63) is 69.7 Å². The smallest absolute Gasteiger partial charge is 0.272 e. The molecule has 2 aromatic carbocycles. The molecule has 0 spiro atoms. The average Bonchev–Trinajstić information content (AvgIpc) is 2.97. The largest absolute Gasteiger partial charge is 0.361 e.